The third kappa shape index (κ3) is 2.92. The molecule has 0 spiro atoms. The second kappa shape index (κ2) is 6.12. The highest BCUT2D eigenvalue weighted by Gasteiger charge is 2.16. The summed E-state index contributed by atoms with van der Waals surface area (Å²) in [5.74, 6) is 0.406. The molecule has 3 N–H and O–H groups in total. The lowest BCUT2D eigenvalue weighted by Crippen LogP contribution is -2.12. The van der Waals surface area contributed by atoms with E-state index in [9.17, 15) is 13.7 Å². The number of sulfonamides is 1. The van der Waals surface area contributed by atoms with Crippen LogP contribution in [0.1, 0.15) is 5.56 Å². The van der Waals surface area contributed by atoms with Crippen molar-refractivity contribution in [2.75, 3.05) is 11.6 Å². The van der Waals surface area contributed by atoms with Crippen LogP contribution in [-0.4, -0.2) is 29.3 Å². The van der Waals surface area contributed by atoms with E-state index < -0.39 is 10.0 Å². The molecule has 0 aliphatic heterocycles. The fourth-order valence-electron chi connectivity index (χ4n) is 2.17. The highest BCUT2D eigenvalue weighted by molar-refractivity contribution is 7.98. The minimum Gasteiger partial charge on any atom is -0.339 e. The first-order chi connectivity index (χ1) is 11.4. The smallest absolute Gasteiger partial charge is 0.238 e. The number of thioether (sulfide) groups is 1. The Kier molecular flexibility index (Phi) is 4.15. The van der Waals surface area contributed by atoms with E-state index in [-0.39, 0.29) is 4.90 Å². The van der Waals surface area contributed by atoms with Gasteiger partial charge in [0.15, 0.2) is 11.5 Å². The van der Waals surface area contributed by atoms with Gasteiger partial charge >= 0.3 is 0 Å². The summed E-state index contributed by atoms with van der Waals surface area (Å²) in [7, 11) is -3.82. The lowest BCUT2D eigenvalue weighted by Gasteiger charge is -2.13. The maximum atomic E-state index is 11.5. The fourth-order valence-corrected chi connectivity index (χ4v) is 3.26. The first-order valence-corrected chi connectivity index (χ1v) is 9.43. The minimum absolute atomic E-state index is 0.0261. The zero-order valence-electron chi connectivity index (χ0n) is 12.5. The monoisotopic (exact) mass is 360 g/mol. The molecule has 0 atom stereocenters. The molecule has 0 radical (unpaired) electrons. The lowest BCUT2D eigenvalue weighted by molar-refractivity contribution is 0.598. The molecule has 0 saturated carbocycles. The highest BCUT2D eigenvalue weighted by Crippen LogP contribution is 2.28. The van der Waals surface area contributed by atoms with Crippen molar-refractivity contribution < 1.29 is 8.42 Å². The van der Waals surface area contributed by atoms with Gasteiger partial charge in [-0.25, -0.2) is 18.5 Å². The summed E-state index contributed by atoms with van der Waals surface area (Å²) >= 11 is 1.34. The standard InChI is InChI=1S/C14H12N6O2S2/c1-23-14-11(8-15)13(20-12(19-14)5-6-17-20)18-9-3-2-4-10(7-9)24(16,21)22/h2-7,18H,1H3,(H2,16,21,22). The van der Waals surface area contributed by atoms with E-state index in [0.717, 1.165) is 0 Å². The van der Waals surface area contributed by atoms with Gasteiger partial charge in [0.2, 0.25) is 10.0 Å². The predicted octanol–water partition coefficient (Wildman–Crippen LogP) is 1.71. The van der Waals surface area contributed by atoms with Crippen molar-refractivity contribution in [3.8, 4) is 6.07 Å². The molecule has 24 heavy (non-hydrogen) atoms. The Hall–Kier alpha value is -2.61. The van der Waals surface area contributed by atoms with E-state index >= 15 is 0 Å². The van der Waals surface area contributed by atoms with Crippen molar-refractivity contribution in [1.29, 1.82) is 5.26 Å². The van der Waals surface area contributed by atoms with E-state index in [4.69, 9.17) is 5.14 Å². The average molecular weight is 360 g/mol. The van der Waals surface area contributed by atoms with Gasteiger partial charge in [0.25, 0.3) is 0 Å². The van der Waals surface area contributed by atoms with E-state index in [0.29, 0.717) is 27.7 Å². The first kappa shape index (κ1) is 16.3. The summed E-state index contributed by atoms with van der Waals surface area (Å²) in [6, 6.07) is 9.85. The van der Waals surface area contributed by atoms with Gasteiger partial charge in [-0.2, -0.15) is 14.9 Å². The molecule has 8 nitrogen and oxygen atoms in total. The molecule has 1 aromatic carbocycles. The average Bonchev–Trinajstić information content (AvgIpc) is 3.02. The zero-order chi connectivity index (χ0) is 17.3. The van der Waals surface area contributed by atoms with Crippen LogP contribution < -0.4 is 10.5 Å². The van der Waals surface area contributed by atoms with Crippen molar-refractivity contribution in [2.24, 2.45) is 5.14 Å². The molecule has 2 heterocycles. The summed E-state index contributed by atoms with van der Waals surface area (Å²) < 4.78 is 24.5. The number of primary sulfonamides is 1. The van der Waals surface area contributed by atoms with Crippen LogP contribution in [0.5, 0.6) is 0 Å². The number of anilines is 2. The van der Waals surface area contributed by atoms with Crippen LogP contribution in [0.2, 0.25) is 0 Å². The number of hydrogen-bond donors (Lipinski definition) is 2. The second-order valence-corrected chi connectivity index (χ2v) is 7.11. The first-order valence-electron chi connectivity index (χ1n) is 6.66. The molecule has 0 unspecified atom stereocenters. The number of benzene rings is 1. The number of nitriles is 1. The van der Waals surface area contributed by atoms with Crippen molar-refractivity contribution in [1.82, 2.24) is 14.6 Å². The molecular weight excluding hydrogens is 348 g/mol. The summed E-state index contributed by atoms with van der Waals surface area (Å²) in [6.45, 7) is 0. The van der Waals surface area contributed by atoms with Crippen LogP contribution in [0.3, 0.4) is 0 Å². The van der Waals surface area contributed by atoms with E-state index in [1.165, 1.54) is 28.4 Å². The number of rotatable bonds is 4. The molecule has 122 valence electrons. The Morgan fingerprint density at radius 1 is 1.38 bits per heavy atom. The van der Waals surface area contributed by atoms with Crippen LogP contribution in [0.4, 0.5) is 11.5 Å². The van der Waals surface area contributed by atoms with Gasteiger partial charge in [0.05, 0.1) is 11.1 Å². The molecule has 0 amide bonds. The molecule has 3 aromatic rings. The SMILES string of the molecule is CSc1nc2ccnn2c(Nc2cccc(S(N)(=O)=O)c2)c1C#N. The highest BCUT2D eigenvalue weighted by atomic mass is 32.2. The maximum Gasteiger partial charge on any atom is 0.238 e. The Balaban J connectivity index is 2.17. The van der Waals surface area contributed by atoms with Crippen molar-refractivity contribution >= 4 is 38.9 Å². The van der Waals surface area contributed by atoms with Crippen molar-refractivity contribution in [2.45, 2.75) is 9.92 Å². The van der Waals surface area contributed by atoms with E-state index in [1.807, 2.05) is 6.26 Å². The van der Waals surface area contributed by atoms with Crippen LogP contribution >= 0.6 is 11.8 Å². The van der Waals surface area contributed by atoms with Gasteiger partial charge in [-0.05, 0) is 24.5 Å². The lowest BCUT2D eigenvalue weighted by atomic mass is 10.3. The third-order valence-corrected chi connectivity index (χ3v) is 4.82. The third-order valence-electron chi connectivity index (χ3n) is 3.23. The molecule has 3 rings (SSSR count). The number of nitrogens with one attached hydrogen (secondary N) is 1. The molecule has 10 heteroatoms. The number of nitrogens with two attached hydrogens (primary N) is 1. The van der Waals surface area contributed by atoms with Crippen LogP contribution in [-0.2, 0) is 10.0 Å². The van der Waals surface area contributed by atoms with Gasteiger partial charge < -0.3 is 5.32 Å². The van der Waals surface area contributed by atoms with Crippen LogP contribution in [0.25, 0.3) is 5.65 Å². The Morgan fingerprint density at radius 3 is 2.83 bits per heavy atom. The molecule has 2 aromatic heterocycles. The molecule has 0 saturated heterocycles. The molecule has 0 bridgehead atoms. The van der Waals surface area contributed by atoms with Gasteiger partial charge in [-0.3, -0.25) is 0 Å². The second-order valence-electron chi connectivity index (χ2n) is 4.76. The normalized spacial score (nSPS) is 11.4. The van der Waals surface area contributed by atoms with Crippen LogP contribution in [0, 0.1) is 11.3 Å². The molecular formula is C14H12N6O2S2. The number of hydrogen-bond acceptors (Lipinski definition) is 7. The van der Waals surface area contributed by atoms with Crippen molar-refractivity contribution in [3.63, 3.8) is 0 Å². The van der Waals surface area contributed by atoms with Gasteiger partial charge in [0.1, 0.15) is 16.7 Å². The number of fused-ring (bicyclic) bond motifs is 1. The van der Waals surface area contributed by atoms with Gasteiger partial charge in [-0.15, -0.1) is 11.8 Å². The maximum absolute atomic E-state index is 11.5. The van der Waals surface area contributed by atoms with Gasteiger partial charge in [-0.1, -0.05) is 6.07 Å². The topological polar surface area (TPSA) is 126 Å². The number of aromatic nitrogens is 3. The summed E-state index contributed by atoms with van der Waals surface area (Å²) in [5.41, 5.74) is 1.36. The molecule has 0 aliphatic carbocycles. The number of nitrogens with zero attached hydrogens (tertiary/aromatic N) is 4. The fraction of sp³-hybridized carbons (Fsp3) is 0.0714. The predicted molar refractivity (Wildman–Crippen MR) is 90.6 cm³/mol. The minimum atomic E-state index is -3.82. The molecule has 0 fully saturated rings. The Labute approximate surface area is 142 Å². The molecule has 0 aliphatic rings. The largest absolute Gasteiger partial charge is 0.339 e. The van der Waals surface area contributed by atoms with Crippen LogP contribution in [0.15, 0.2) is 46.5 Å². The summed E-state index contributed by atoms with van der Waals surface area (Å²) in [5, 5.41) is 22.4. The quantitative estimate of drug-likeness (QED) is 0.536. The van der Waals surface area contributed by atoms with E-state index in [1.54, 1.807) is 24.4 Å². The summed E-state index contributed by atoms with van der Waals surface area (Å²) in [6.07, 6.45) is 3.39. The van der Waals surface area contributed by atoms with Gasteiger partial charge in [0, 0.05) is 11.8 Å². The summed E-state index contributed by atoms with van der Waals surface area (Å²) in [4.78, 5) is 4.34. The zero-order valence-corrected chi connectivity index (χ0v) is 14.1. The van der Waals surface area contributed by atoms with E-state index in [2.05, 4.69) is 21.5 Å². The Bertz CT molecular complexity index is 1070. The Morgan fingerprint density at radius 2 is 2.17 bits per heavy atom. The van der Waals surface area contributed by atoms with Crippen molar-refractivity contribution in [3.05, 3.63) is 42.1 Å².